The van der Waals surface area contributed by atoms with Gasteiger partial charge in [-0.3, -0.25) is 4.79 Å². The zero-order valence-corrected chi connectivity index (χ0v) is 13.2. The monoisotopic (exact) mass is 315 g/mol. The minimum Gasteiger partial charge on any atom is -0.484 e. The number of hydrogen-bond acceptors (Lipinski definition) is 4. The van der Waals surface area contributed by atoms with Gasteiger partial charge < -0.3 is 14.5 Å². The van der Waals surface area contributed by atoms with E-state index in [-0.39, 0.29) is 18.6 Å². The number of carbonyl (C=O) groups excluding carboxylic acids is 1. The van der Waals surface area contributed by atoms with Crippen molar-refractivity contribution in [3.05, 3.63) is 40.8 Å². The minimum atomic E-state index is -0.404. The van der Waals surface area contributed by atoms with E-state index in [4.69, 9.17) is 9.15 Å². The molecule has 23 heavy (non-hydrogen) atoms. The number of hydrogen-bond donors (Lipinski definition) is 1. The molecule has 1 fully saturated rings. The van der Waals surface area contributed by atoms with E-state index in [2.05, 4.69) is 12.2 Å². The Kier molecular flexibility index (Phi) is 4.65. The summed E-state index contributed by atoms with van der Waals surface area (Å²) < 4.78 is 10.6. The van der Waals surface area contributed by atoms with Gasteiger partial charge in [-0.15, -0.1) is 0 Å². The molecule has 1 aromatic heterocycles. The highest BCUT2D eigenvalue weighted by Gasteiger charge is 2.22. The van der Waals surface area contributed by atoms with Gasteiger partial charge in [-0.2, -0.15) is 0 Å². The Morgan fingerprint density at radius 1 is 1.26 bits per heavy atom. The van der Waals surface area contributed by atoms with Gasteiger partial charge in [0, 0.05) is 23.6 Å². The van der Waals surface area contributed by atoms with Crippen LogP contribution in [0.4, 0.5) is 0 Å². The summed E-state index contributed by atoms with van der Waals surface area (Å²) in [5.41, 5.74) is 0.0509. The number of benzene rings is 1. The maximum Gasteiger partial charge on any atom is 0.336 e. The van der Waals surface area contributed by atoms with Crippen LogP contribution in [0.3, 0.4) is 0 Å². The van der Waals surface area contributed by atoms with Crippen molar-refractivity contribution in [2.75, 3.05) is 6.61 Å². The first-order valence-corrected chi connectivity index (χ1v) is 8.08. The number of fused-ring (bicyclic) bond motifs is 1. The highest BCUT2D eigenvalue weighted by Crippen LogP contribution is 2.24. The van der Waals surface area contributed by atoms with Crippen LogP contribution in [0.2, 0.25) is 0 Å². The van der Waals surface area contributed by atoms with Gasteiger partial charge in [-0.05, 0) is 37.0 Å². The van der Waals surface area contributed by atoms with Crippen molar-refractivity contribution in [3.63, 3.8) is 0 Å². The summed E-state index contributed by atoms with van der Waals surface area (Å²) in [6.45, 7) is 2.14. The van der Waals surface area contributed by atoms with Crippen molar-refractivity contribution in [3.8, 4) is 5.75 Å². The molecule has 122 valence electrons. The molecule has 5 nitrogen and oxygen atoms in total. The van der Waals surface area contributed by atoms with Gasteiger partial charge >= 0.3 is 5.63 Å². The average molecular weight is 315 g/mol. The summed E-state index contributed by atoms with van der Waals surface area (Å²) in [5.74, 6) is 0.916. The summed E-state index contributed by atoms with van der Waals surface area (Å²) in [4.78, 5) is 23.3. The molecule has 0 unspecified atom stereocenters. The van der Waals surface area contributed by atoms with E-state index in [0.29, 0.717) is 17.3 Å². The molecule has 0 radical (unpaired) electrons. The third kappa shape index (κ3) is 3.92. The molecular formula is C18H21NO4. The molecule has 1 N–H and O–H groups in total. The van der Waals surface area contributed by atoms with Gasteiger partial charge in [0.05, 0.1) is 0 Å². The largest absolute Gasteiger partial charge is 0.484 e. The highest BCUT2D eigenvalue weighted by atomic mass is 16.5. The van der Waals surface area contributed by atoms with E-state index in [1.54, 1.807) is 24.3 Å². The van der Waals surface area contributed by atoms with Gasteiger partial charge in [-0.1, -0.05) is 19.8 Å². The van der Waals surface area contributed by atoms with E-state index < -0.39 is 5.63 Å². The third-order valence-corrected chi connectivity index (χ3v) is 4.42. The third-order valence-electron chi connectivity index (χ3n) is 4.42. The zero-order valence-electron chi connectivity index (χ0n) is 13.2. The van der Waals surface area contributed by atoms with Crippen LogP contribution in [-0.4, -0.2) is 18.6 Å². The smallest absolute Gasteiger partial charge is 0.336 e. The fourth-order valence-corrected chi connectivity index (χ4v) is 3.06. The predicted octanol–water partition coefficient (Wildman–Crippen LogP) is 2.87. The van der Waals surface area contributed by atoms with Crippen LogP contribution < -0.4 is 15.7 Å². The molecule has 1 heterocycles. The van der Waals surface area contributed by atoms with Crippen LogP contribution >= 0.6 is 0 Å². The van der Waals surface area contributed by atoms with Crippen molar-refractivity contribution >= 4 is 16.9 Å². The summed E-state index contributed by atoms with van der Waals surface area (Å²) in [6, 6.07) is 8.51. The second-order valence-corrected chi connectivity index (χ2v) is 6.18. The number of rotatable bonds is 4. The quantitative estimate of drug-likeness (QED) is 0.881. The van der Waals surface area contributed by atoms with Crippen LogP contribution in [0.15, 0.2) is 39.5 Å². The Morgan fingerprint density at radius 3 is 2.87 bits per heavy atom. The molecular weight excluding hydrogens is 294 g/mol. The van der Waals surface area contributed by atoms with Gasteiger partial charge in [0.25, 0.3) is 5.91 Å². The van der Waals surface area contributed by atoms with Crippen LogP contribution in [0.1, 0.15) is 32.6 Å². The van der Waals surface area contributed by atoms with Gasteiger partial charge in [0.1, 0.15) is 11.3 Å². The lowest BCUT2D eigenvalue weighted by Crippen LogP contribution is -2.43. The fraction of sp³-hybridized carbons (Fsp3) is 0.444. The maximum absolute atomic E-state index is 12.0. The molecule has 0 bridgehead atoms. The molecule has 0 aliphatic heterocycles. The highest BCUT2D eigenvalue weighted by molar-refractivity contribution is 5.79. The number of nitrogens with one attached hydrogen (secondary N) is 1. The van der Waals surface area contributed by atoms with Gasteiger partial charge in [-0.25, -0.2) is 4.79 Å². The van der Waals surface area contributed by atoms with Gasteiger partial charge in [0.15, 0.2) is 6.61 Å². The molecule has 0 saturated heterocycles. The van der Waals surface area contributed by atoms with E-state index in [1.165, 1.54) is 18.9 Å². The van der Waals surface area contributed by atoms with Crippen molar-refractivity contribution in [2.24, 2.45) is 5.92 Å². The van der Waals surface area contributed by atoms with Crippen LogP contribution in [0.5, 0.6) is 5.75 Å². The molecule has 1 aromatic carbocycles. The molecule has 3 rings (SSSR count). The zero-order chi connectivity index (χ0) is 16.2. The van der Waals surface area contributed by atoms with Crippen LogP contribution in [0, 0.1) is 5.92 Å². The first-order chi connectivity index (χ1) is 11.1. The van der Waals surface area contributed by atoms with Crippen molar-refractivity contribution in [1.29, 1.82) is 0 Å². The van der Waals surface area contributed by atoms with Crippen molar-refractivity contribution < 1.29 is 13.9 Å². The Bertz CT molecular complexity index is 752. The normalized spacial score (nSPS) is 21.1. The number of carbonyl (C=O) groups is 1. The second-order valence-electron chi connectivity index (χ2n) is 6.18. The predicted molar refractivity (Wildman–Crippen MR) is 87.5 cm³/mol. The molecule has 0 spiro atoms. The lowest BCUT2D eigenvalue weighted by atomic mass is 9.86. The lowest BCUT2D eigenvalue weighted by molar-refractivity contribution is -0.124. The lowest BCUT2D eigenvalue weighted by Gasteiger charge is -2.29. The Labute approximate surface area is 134 Å². The molecule has 2 aromatic rings. The Hall–Kier alpha value is -2.30. The summed E-state index contributed by atoms with van der Waals surface area (Å²) in [7, 11) is 0. The summed E-state index contributed by atoms with van der Waals surface area (Å²) >= 11 is 0. The molecule has 1 aliphatic rings. The van der Waals surface area contributed by atoms with E-state index >= 15 is 0 Å². The molecule has 5 heteroatoms. The average Bonchev–Trinajstić information content (AvgIpc) is 2.54. The Morgan fingerprint density at radius 2 is 2.04 bits per heavy atom. The first kappa shape index (κ1) is 15.6. The van der Waals surface area contributed by atoms with E-state index in [1.807, 2.05) is 0 Å². The number of ether oxygens (including phenoxy) is 1. The fourth-order valence-electron chi connectivity index (χ4n) is 3.06. The van der Waals surface area contributed by atoms with E-state index in [0.717, 1.165) is 18.2 Å². The number of amides is 1. The standard InChI is InChI=1S/C18H21NO4/c1-12-4-2-3-5-15(12)19-17(20)11-22-14-8-6-13-7-9-18(21)23-16(13)10-14/h6-10,12,15H,2-5,11H2,1H3,(H,19,20)/t12-,15-/m1/s1. The molecule has 1 aliphatic carbocycles. The minimum absolute atomic E-state index is 0.0359. The van der Waals surface area contributed by atoms with E-state index in [9.17, 15) is 9.59 Å². The first-order valence-electron chi connectivity index (χ1n) is 8.08. The van der Waals surface area contributed by atoms with Gasteiger partial charge in [0.2, 0.25) is 0 Å². The van der Waals surface area contributed by atoms with Crippen molar-refractivity contribution in [1.82, 2.24) is 5.32 Å². The Balaban J connectivity index is 1.59. The summed E-state index contributed by atoms with van der Waals surface area (Å²) in [6.07, 6.45) is 4.61. The SMILES string of the molecule is C[C@@H]1CCCC[C@H]1NC(=O)COc1ccc2ccc(=O)oc2c1. The second kappa shape index (κ2) is 6.86. The van der Waals surface area contributed by atoms with Crippen molar-refractivity contribution in [2.45, 2.75) is 38.6 Å². The molecule has 1 saturated carbocycles. The molecule has 2 atom stereocenters. The maximum atomic E-state index is 12.0. The topological polar surface area (TPSA) is 68.5 Å². The van der Waals surface area contributed by atoms with Crippen LogP contribution in [-0.2, 0) is 4.79 Å². The van der Waals surface area contributed by atoms with Crippen LogP contribution in [0.25, 0.3) is 11.0 Å². The summed E-state index contributed by atoms with van der Waals surface area (Å²) in [5, 5.41) is 3.86. The molecule has 1 amide bonds.